The number of rotatable bonds is 10. The van der Waals surface area contributed by atoms with Gasteiger partial charge in [-0.25, -0.2) is 0 Å². The van der Waals surface area contributed by atoms with Crippen LogP contribution in [-0.4, -0.2) is 63.1 Å². The van der Waals surface area contributed by atoms with Crippen molar-refractivity contribution in [3.05, 3.63) is 42.0 Å². The van der Waals surface area contributed by atoms with Gasteiger partial charge in [-0.05, 0) is 66.6 Å². The number of methoxy groups -OCH3 is 3. The molecule has 2 saturated heterocycles. The highest BCUT2D eigenvalue weighted by atomic mass is 28.4. The fourth-order valence-corrected chi connectivity index (χ4v) is 7.80. The fourth-order valence-electron chi connectivity index (χ4n) is 5.21. The molecular weight excluding hydrogens is 581 g/mol. The molecule has 4 rings (SSSR count). The van der Waals surface area contributed by atoms with Crippen molar-refractivity contribution < 1.29 is 37.3 Å². The van der Waals surface area contributed by atoms with Crippen molar-refractivity contribution in [2.75, 3.05) is 34.5 Å². The number of fused-ring (bicyclic) bond motifs is 1. The Bertz CT molecular complexity index is 1260. The molecule has 0 saturated carbocycles. The fraction of sp³-hybridized carbons (Fsp3) is 0.636. The molecule has 2 aromatic rings. The lowest BCUT2D eigenvalue weighted by Crippen LogP contribution is -2.58. The van der Waals surface area contributed by atoms with Gasteiger partial charge in [0.1, 0.15) is 17.1 Å². The summed E-state index contributed by atoms with van der Waals surface area (Å²) in [6.45, 7) is 23.1. The van der Waals surface area contributed by atoms with Crippen LogP contribution >= 0.6 is 0 Å². The van der Waals surface area contributed by atoms with Crippen molar-refractivity contribution in [1.29, 1.82) is 0 Å². The van der Waals surface area contributed by atoms with Crippen LogP contribution in [0.15, 0.2) is 36.4 Å². The second kappa shape index (κ2) is 11.9. The first-order chi connectivity index (χ1) is 19.9. The first kappa shape index (κ1) is 33.6. The van der Waals surface area contributed by atoms with Crippen molar-refractivity contribution >= 4 is 16.6 Å². The average Bonchev–Trinajstić information content (AvgIpc) is 3.43. The molecule has 2 fully saturated rings. The number of benzene rings is 2. The summed E-state index contributed by atoms with van der Waals surface area (Å²) in [4.78, 5) is 0. The molecular formula is C33H52O8Si2. The Morgan fingerprint density at radius 3 is 1.88 bits per heavy atom. The van der Waals surface area contributed by atoms with Crippen LogP contribution in [0.1, 0.15) is 53.2 Å². The molecule has 0 aliphatic carbocycles. The Morgan fingerprint density at radius 2 is 1.35 bits per heavy atom. The summed E-state index contributed by atoms with van der Waals surface area (Å²) >= 11 is 0. The van der Waals surface area contributed by atoms with E-state index >= 15 is 0 Å². The molecule has 0 spiro atoms. The monoisotopic (exact) mass is 632 g/mol. The highest BCUT2D eigenvalue weighted by molar-refractivity contribution is 6.75. The molecule has 0 bridgehead atoms. The third-order valence-corrected chi connectivity index (χ3v) is 18.7. The summed E-state index contributed by atoms with van der Waals surface area (Å²) in [7, 11) is 0.504. The van der Waals surface area contributed by atoms with E-state index in [0.29, 0.717) is 30.5 Å². The van der Waals surface area contributed by atoms with Crippen molar-refractivity contribution in [2.45, 2.75) is 95.8 Å². The Morgan fingerprint density at radius 1 is 0.767 bits per heavy atom. The maximum Gasteiger partial charge on any atom is 0.250 e. The number of hydrogen-bond acceptors (Lipinski definition) is 8. The maximum absolute atomic E-state index is 7.30. The van der Waals surface area contributed by atoms with Gasteiger partial charge >= 0.3 is 0 Å². The van der Waals surface area contributed by atoms with Crippen LogP contribution in [0.5, 0.6) is 28.7 Å². The smallest absolute Gasteiger partial charge is 0.250 e. The lowest BCUT2D eigenvalue weighted by atomic mass is 9.85. The van der Waals surface area contributed by atoms with Crippen LogP contribution in [0.2, 0.25) is 36.3 Å². The van der Waals surface area contributed by atoms with E-state index in [2.05, 4.69) is 73.8 Å². The highest BCUT2D eigenvalue weighted by Gasteiger charge is 2.65. The standard InChI is InChI=1S/C33H52O8Si2/c1-31(2,3)42(10,11)40-22-17-18-25(34-7)23(19-22)28-24-20-37-30(39-29-26(35-8)15-14-16-27(29)36-9)33(24,21-38-28)41-43(12,13)32(4,5)6/h14-19,24,28,30H,20-21H2,1-13H3/t24-,28-,30?,33-/m1/s1. The number of hydrogen-bond donors (Lipinski definition) is 0. The van der Waals surface area contributed by atoms with Gasteiger partial charge in [0.05, 0.1) is 40.6 Å². The van der Waals surface area contributed by atoms with E-state index in [1.54, 1.807) is 21.3 Å². The molecule has 240 valence electrons. The minimum Gasteiger partial charge on any atom is -0.543 e. The quantitative estimate of drug-likeness (QED) is 0.244. The Kier molecular flexibility index (Phi) is 9.33. The van der Waals surface area contributed by atoms with Crippen molar-refractivity contribution in [3.8, 4) is 28.7 Å². The molecule has 8 nitrogen and oxygen atoms in total. The van der Waals surface area contributed by atoms with Crippen molar-refractivity contribution in [3.63, 3.8) is 0 Å². The molecule has 2 aliphatic rings. The third-order valence-electron chi connectivity index (χ3n) is 9.85. The summed E-state index contributed by atoms with van der Waals surface area (Å²) < 4.78 is 51.0. The second-order valence-corrected chi connectivity index (χ2v) is 24.1. The SMILES string of the molecule is COc1ccc(O[Si](C)(C)C(C)(C)C)cc1[C@H]1OC[C@]2(O[Si](C)(C)C(C)(C)C)C(Oc3c(OC)cccc3OC)OC[C@H]12. The largest absolute Gasteiger partial charge is 0.543 e. The number of para-hydroxylation sites is 1. The van der Waals surface area contributed by atoms with E-state index in [9.17, 15) is 0 Å². The summed E-state index contributed by atoms with van der Waals surface area (Å²) in [6.07, 6.45) is -1.10. The average molecular weight is 633 g/mol. The van der Waals surface area contributed by atoms with Gasteiger partial charge in [0.25, 0.3) is 0 Å². The second-order valence-electron chi connectivity index (χ2n) is 14.7. The van der Waals surface area contributed by atoms with E-state index in [1.165, 1.54) is 0 Å². The molecule has 2 aromatic carbocycles. The first-order valence-electron chi connectivity index (χ1n) is 15.1. The molecule has 1 unspecified atom stereocenters. The molecule has 10 heteroatoms. The minimum atomic E-state index is -2.34. The van der Waals surface area contributed by atoms with Crippen molar-refractivity contribution in [1.82, 2.24) is 0 Å². The molecule has 43 heavy (non-hydrogen) atoms. The zero-order valence-corrected chi connectivity index (χ0v) is 30.4. The van der Waals surface area contributed by atoms with Gasteiger partial charge in [0.2, 0.25) is 20.4 Å². The third kappa shape index (κ3) is 6.31. The van der Waals surface area contributed by atoms with Crippen LogP contribution in [0, 0.1) is 5.92 Å². The van der Waals surface area contributed by atoms with Gasteiger partial charge in [0, 0.05) is 11.5 Å². The predicted molar refractivity (Wildman–Crippen MR) is 174 cm³/mol. The summed E-state index contributed by atoms with van der Waals surface area (Å²) in [5, 5.41) is 0.0147. The van der Waals surface area contributed by atoms with Crippen molar-refractivity contribution in [2.24, 2.45) is 5.92 Å². The lowest BCUT2D eigenvalue weighted by molar-refractivity contribution is -0.146. The van der Waals surface area contributed by atoms with E-state index in [4.69, 9.17) is 37.3 Å². The van der Waals surface area contributed by atoms with Crippen LogP contribution in [0.4, 0.5) is 0 Å². The Labute approximate surface area is 260 Å². The van der Waals surface area contributed by atoms with Gasteiger partial charge in [-0.3, -0.25) is 0 Å². The highest BCUT2D eigenvalue weighted by Crippen LogP contribution is 2.56. The van der Waals surface area contributed by atoms with Crippen LogP contribution in [0.25, 0.3) is 0 Å². The predicted octanol–water partition coefficient (Wildman–Crippen LogP) is 7.98. The first-order valence-corrected chi connectivity index (χ1v) is 20.9. The summed E-state index contributed by atoms with van der Waals surface area (Å²) in [5.74, 6) is 2.99. The van der Waals surface area contributed by atoms with Crippen LogP contribution < -0.4 is 23.4 Å². The van der Waals surface area contributed by atoms with Gasteiger partial charge in [-0.1, -0.05) is 47.6 Å². The topological polar surface area (TPSA) is 73.8 Å². The number of ether oxygens (including phenoxy) is 6. The van der Waals surface area contributed by atoms with Gasteiger partial charge in [-0.2, -0.15) is 0 Å². The van der Waals surface area contributed by atoms with Crippen LogP contribution in [-0.2, 0) is 13.9 Å². The maximum atomic E-state index is 7.30. The normalized spacial score (nSPS) is 24.4. The van der Waals surface area contributed by atoms with Crippen LogP contribution in [0.3, 0.4) is 0 Å². The molecule has 2 aliphatic heterocycles. The Hall–Kier alpha value is -2.25. The molecule has 0 aromatic heterocycles. The van der Waals surface area contributed by atoms with E-state index in [0.717, 1.165) is 17.1 Å². The lowest BCUT2D eigenvalue weighted by Gasteiger charge is -2.45. The summed E-state index contributed by atoms with van der Waals surface area (Å²) in [6, 6.07) is 11.6. The molecule has 0 N–H and O–H groups in total. The van der Waals surface area contributed by atoms with Gasteiger partial charge < -0.3 is 37.3 Å². The van der Waals surface area contributed by atoms with E-state index in [-0.39, 0.29) is 22.1 Å². The Balaban J connectivity index is 1.78. The zero-order chi connectivity index (χ0) is 32.0. The molecule has 0 radical (unpaired) electrons. The van der Waals surface area contributed by atoms with Gasteiger partial charge in [0.15, 0.2) is 19.8 Å². The molecule has 4 atom stereocenters. The minimum absolute atomic E-state index is 0.0474. The molecule has 2 heterocycles. The molecule has 0 amide bonds. The van der Waals surface area contributed by atoms with Gasteiger partial charge in [-0.15, -0.1) is 0 Å². The summed E-state index contributed by atoms with van der Waals surface area (Å²) in [5.41, 5.74) is 0.0458. The van der Waals surface area contributed by atoms with E-state index in [1.807, 2.05) is 30.3 Å². The zero-order valence-electron chi connectivity index (χ0n) is 28.4. The van der Waals surface area contributed by atoms with E-state index < -0.39 is 28.5 Å².